The van der Waals surface area contributed by atoms with Gasteiger partial charge in [-0.3, -0.25) is 0 Å². The monoisotopic (exact) mass is 320 g/mol. The lowest BCUT2D eigenvalue weighted by atomic mass is 10.1. The normalized spacial score (nSPS) is 11.8. The fourth-order valence-electron chi connectivity index (χ4n) is 1.75. The highest BCUT2D eigenvalue weighted by atomic mass is 79.9. The molecule has 1 unspecified atom stereocenters. The number of anilines is 1. The van der Waals surface area contributed by atoms with Gasteiger partial charge >= 0.3 is 0 Å². The largest absolute Gasteiger partial charge is 0.381 e. The molecule has 1 aromatic carbocycles. The summed E-state index contributed by atoms with van der Waals surface area (Å²) in [5.41, 5.74) is 1.69. The average Bonchev–Trinajstić information content (AvgIpc) is 2.84. The number of hydrogen-bond acceptors (Lipinski definition) is 3. The first-order chi connectivity index (χ1) is 8.69. The molecule has 1 heterocycles. The van der Waals surface area contributed by atoms with E-state index in [-0.39, 0.29) is 0 Å². The van der Waals surface area contributed by atoms with Gasteiger partial charge in [-0.05, 0) is 52.5 Å². The van der Waals surface area contributed by atoms with Crippen LogP contribution in [0.1, 0.15) is 17.4 Å². The molecule has 18 heavy (non-hydrogen) atoms. The molecule has 0 aliphatic rings. The van der Waals surface area contributed by atoms with Gasteiger partial charge in [-0.2, -0.15) is 5.26 Å². The molecule has 0 amide bonds. The number of benzene rings is 1. The Bertz CT molecular complexity index is 558. The van der Waals surface area contributed by atoms with E-state index in [0.717, 1.165) is 16.6 Å². The third-order valence-electron chi connectivity index (χ3n) is 2.59. The second-order valence-electron chi connectivity index (χ2n) is 4.14. The number of nitrogens with one attached hydrogen (secondary N) is 1. The molecule has 0 saturated carbocycles. The van der Waals surface area contributed by atoms with Gasteiger partial charge < -0.3 is 5.32 Å². The van der Waals surface area contributed by atoms with Gasteiger partial charge in [0.1, 0.15) is 0 Å². The van der Waals surface area contributed by atoms with E-state index in [4.69, 9.17) is 5.26 Å². The summed E-state index contributed by atoms with van der Waals surface area (Å²) in [6, 6.07) is 12.3. The Morgan fingerprint density at radius 3 is 2.89 bits per heavy atom. The zero-order valence-corrected chi connectivity index (χ0v) is 12.4. The molecule has 0 aliphatic carbocycles. The van der Waals surface area contributed by atoms with Crippen LogP contribution in [0.25, 0.3) is 0 Å². The van der Waals surface area contributed by atoms with Gasteiger partial charge in [0.15, 0.2) is 0 Å². The number of nitriles is 1. The topological polar surface area (TPSA) is 35.8 Å². The van der Waals surface area contributed by atoms with Crippen molar-refractivity contribution in [1.82, 2.24) is 0 Å². The fourth-order valence-corrected chi connectivity index (χ4v) is 3.08. The molecule has 2 rings (SSSR count). The summed E-state index contributed by atoms with van der Waals surface area (Å²) < 4.78 is 0.930. The molecular weight excluding hydrogens is 308 g/mol. The molecule has 1 aromatic heterocycles. The van der Waals surface area contributed by atoms with Crippen molar-refractivity contribution in [3.63, 3.8) is 0 Å². The van der Waals surface area contributed by atoms with Crippen molar-refractivity contribution in [2.45, 2.75) is 19.4 Å². The van der Waals surface area contributed by atoms with Gasteiger partial charge in [-0.1, -0.05) is 6.07 Å². The zero-order valence-electron chi connectivity index (χ0n) is 9.98. The van der Waals surface area contributed by atoms with Crippen molar-refractivity contribution in [2.24, 2.45) is 0 Å². The maximum Gasteiger partial charge on any atom is 0.0992 e. The predicted octanol–water partition coefficient (Wildman–Crippen LogP) is 4.43. The van der Waals surface area contributed by atoms with E-state index >= 15 is 0 Å². The molecule has 0 bridgehead atoms. The minimum Gasteiger partial charge on any atom is -0.381 e. The van der Waals surface area contributed by atoms with Crippen molar-refractivity contribution in [2.75, 3.05) is 5.32 Å². The molecule has 1 atom stereocenters. The number of thiophene rings is 1. The standard InChI is InChI=1S/C14H13BrN2S/c1-10(7-12-3-2-6-18-12)17-14-5-4-11(9-16)8-13(14)15/h2-6,8,10,17H,7H2,1H3. The Labute approximate surface area is 119 Å². The molecular formula is C14H13BrN2S. The van der Waals surface area contributed by atoms with Crippen molar-refractivity contribution in [1.29, 1.82) is 5.26 Å². The molecule has 2 nitrogen and oxygen atoms in total. The molecule has 0 fully saturated rings. The quantitative estimate of drug-likeness (QED) is 0.904. The molecule has 92 valence electrons. The highest BCUT2D eigenvalue weighted by molar-refractivity contribution is 9.10. The highest BCUT2D eigenvalue weighted by Crippen LogP contribution is 2.25. The minimum absolute atomic E-state index is 0.355. The van der Waals surface area contributed by atoms with E-state index in [1.165, 1.54) is 4.88 Å². The van der Waals surface area contributed by atoms with Crippen LogP contribution in [0.4, 0.5) is 5.69 Å². The van der Waals surface area contributed by atoms with E-state index in [9.17, 15) is 0 Å². The van der Waals surface area contributed by atoms with E-state index in [1.54, 1.807) is 11.3 Å². The van der Waals surface area contributed by atoms with Crippen LogP contribution in [0, 0.1) is 11.3 Å². The van der Waals surface area contributed by atoms with Gasteiger partial charge in [-0.25, -0.2) is 0 Å². The second kappa shape index (κ2) is 6.03. The Morgan fingerprint density at radius 1 is 1.44 bits per heavy atom. The summed E-state index contributed by atoms with van der Waals surface area (Å²) in [7, 11) is 0. The van der Waals surface area contributed by atoms with Crippen LogP contribution >= 0.6 is 27.3 Å². The van der Waals surface area contributed by atoms with E-state index < -0.39 is 0 Å². The maximum absolute atomic E-state index is 8.82. The van der Waals surface area contributed by atoms with Crippen molar-refractivity contribution in [3.8, 4) is 6.07 Å². The van der Waals surface area contributed by atoms with Crippen LogP contribution in [-0.4, -0.2) is 6.04 Å². The second-order valence-corrected chi connectivity index (χ2v) is 6.02. The summed E-state index contributed by atoms with van der Waals surface area (Å²) in [5, 5.41) is 14.4. The smallest absolute Gasteiger partial charge is 0.0992 e. The summed E-state index contributed by atoms with van der Waals surface area (Å²) in [6.07, 6.45) is 1.00. The molecule has 1 N–H and O–H groups in total. The van der Waals surface area contributed by atoms with E-state index in [0.29, 0.717) is 11.6 Å². The van der Waals surface area contributed by atoms with E-state index in [1.807, 2.05) is 18.2 Å². The maximum atomic E-state index is 8.82. The van der Waals surface area contributed by atoms with Gasteiger partial charge in [0, 0.05) is 27.5 Å². The predicted molar refractivity (Wildman–Crippen MR) is 80.0 cm³/mol. The average molecular weight is 321 g/mol. The minimum atomic E-state index is 0.355. The first-order valence-electron chi connectivity index (χ1n) is 5.67. The van der Waals surface area contributed by atoms with Crippen molar-refractivity contribution < 1.29 is 0 Å². The number of halogens is 1. The lowest BCUT2D eigenvalue weighted by Crippen LogP contribution is -2.17. The number of hydrogen-bond donors (Lipinski definition) is 1. The van der Waals surface area contributed by atoms with E-state index in [2.05, 4.69) is 51.8 Å². The third kappa shape index (κ3) is 3.34. The van der Waals surface area contributed by atoms with Gasteiger partial charge in [0.25, 0.3) is 0 Å². The molecule has 4 heteroatoms. The van der Waals surface area contributed by atoms with Crippen LogP contribution in [0.15, 0.2) is 40.2 Å². The van der Waals surface area contributed by atoms with Gasteiger partial charge in [-0.15, -0.1) is 11.3 Å². The lowest BCUT2D eigenvalue weighted by molar-refractivity contribution is 0.800. The molecule has 2 aromatic rings. The van der Waals surface area contributed by atoms with Crippen molar-refractivity contribution in [3.05, 3.63) is 50.6 Å². The van der Waals surface area contributed by atoms with Crippen LogP contribution in [0.2, 0.25) is 0 Å². The summed E-state index contributed by atoms with van der Waals surface area (Å²) in [5.74, 6) is 0. The highest BCUT2D eigenvalue weighted by Gasteiger charge is 2.07. The van der Waals surface area contributed by atoms with Gasteiger partial charge in [0.05, 0.1) is 11.6 Å². The summed E-state index contributed by atoms with van der Waals surface area (Å²) >= 11 is 5.26. The Morgan fingerprint density at radius 2 is 2.28 bits per heavy atom. The van der Waals surface area contributed by atoms with Crippen LogP contribution in [0.3, 0.4) is 0 Å². The third-order valence-corrected chi connectivity index (χ3v) is 4.14. The molecule has 0 spiro atoms. The lowest BCUT2D eigenvalue weighted by Gasteiger charge is -2.15. The fraction of sp³-hybridized carbons (Fsp3) is 0.214. The Hall–Kier alpha value is -1.31. The summed E-state index contributed by atoms with van der Waals surface area (Å²) in [4.78, 5) is 1.37. The Kier molecular flexibility index (Phi) is 4.40. The first-order valence-corrected chi connectivity index (χ1v) is 7.35. The first kappa shape index (κ1) is 13.1. The summed E-state index contributed by atoms with van der Waals surface area (Å²) in [6.45, 7) is 2.16. The molecule has 0 saturated heterocycles. The van der Waals surface area contributed by atoms with Crippen molar-refractivity contribution >= 4 is 33.0 Å². The molecule has 0 aliphatic heterocycles. The number of nitrogens with zero attached hydrogens (tertiary/aromatic N) is 1. The van der Waals surface area contributed by atoms with Crippen LogP contribution in [0.5, 0.6) is 0 Å². The Balaban J connectivity index is 2.03. The van der Waals surface area contributed by atoms with Crippen LogP contribution in [-0.2, 0) is 6.42 Å². The zero-order chi connectivity index (χ0) is 13.0. The SMILES string of the molecule is CC(Cc1cccs1)Nc1ccc(C#N)cc1Br. The van der Waals surface area contributed by atoms with Gasteiger partial charge in [0.2, 0.25) is 0 Å². The molecule has 0 radical (unpaired) electrons. The van der Waals surface area contributed by atoms with Crippen LogP contribution < -0.4 is 5.32 Å². The number of rotatable bonds is 4.